The summed E-state index contributed by atoms with van der Waals surface area (Å²) in [7, 11) is 0. The quantitative estimate of drug-likeness (QED) is 0.596. The molecule has 0 bridgehead atoms. The molecule has 0 unspecified atom stereocenters. The van der Waals surface area contributed by atoms with E-state index in [0.717, 1.165) is 24.7 Å². The van der Waals surface area contributed by atoms with Gasteiger partial charge in [0, 0.05) is 56.6 Å². The number of fused-ring (bicyclic) bond motifs is 1. The van der Waals surface area contributed by atoms with E-state index in [-0.39, 0.29) is 12.1 Å². The minimum atomic E-state index is -1.17. The van der Waals surface area contributed by atoms with E-state index in [1.54, 1.807) is 12.4 Å². The summed E-state index contributed by atoms with van der Waals surface area (Å²) in [6.07, 6.45) is 5.38. The van der Waals surface area contributed by atoms with Crippen molar-refractivity contribution in [2.24, 2.45) is 0 Å². The topological polar surface area (TPSA) is 57.2 Å². The molecule has 1 N–H and O–H groups in total. The Morgan fingerprint density at radius 2 is 1.71 bits per heavy atom. The molecule has 3 heterocycles. The monoisotopic (exact) mass is 448 g/mol. The van der Waals surface area contributed by atoms with E-state index < -0.39 is 17.5 Å². The van der Waals surface area contributed by atoms with Crippen molar-refractivity contribution in [3.8, 4) is 0 Å². The number of aromatic nitrogens is 3. The molecular formula is C21H20ClF3N6. The molecular weight excluding hydrogens is 429 g/mol. The van der Waals surface area contributed by atoms with Crippen LogP contribution in [0.2, 0.25) is 5.02 Å². The van der Waals surface area contributed by atoms with Crippen LogP contribution in [0.15, 0.2) is 24.5 Å². The van der Waals surface area contributed by atoms with Crippen molar-refractivity contribution in [3.05, 3.63) is 52.6 Å². The third kappa shape index (κ3) is 4.24. The number of piperazine rings is 1. The maximum absolute atomic E-state index is 14.0. The zero-order valence-electron chi connectivity index (χ0n) is 16.6. The number of hydrogen-bond donors (Lipinski definition) is 1. The Labute approximate surface area is 182 Å². The molecule has 0 radical (unpaired) electrons. The number of halogens is 4. The van der Waals surface area contributed by atoms with Gasteiger partial charge < -0.3 is 10.2 Å². The van der Waals surface area contributed by atoms with Gasteiger partial charge in [0.2, 0.25) is 0 Å². The first-order valence-corrected chi connectivity index (χ1v) is 10.5. The Hall–Kier alpha value is -2.65. The second-order valence-electron chi connectivity index (χ2n) is 7.92. The first-order valence-electron chi connectivity index (χ1n) is 10.2. The van der Waals surface area contributed by atoms with Crippen LogP contribution in [-0.2, 0) is 6.54 Å². The summed E-state index contributed by atoms with van der Waals surface area (Å²) in [6, 6.07) is 1.92. The second kappa shape index (κ2) is 8.12. The number of rotatable bonds is 5. The molecule has 2 aromatic heterocycles. The van der Waals surface area contributed by atoms with Crippen LogP contribution in [0.5, 0.6) is 0 Å². The molecule has 31 heavy (non-hydrogen) atoms. The number of nitrogens with zero attached hydrogens (tertiary/aromatic N) is 5. The number of hydrogen-bond acceptors (Lipinski definition) is 6. The number of nitrogens with one attached hydrogen (secondary N) is 1. The van der Waals surface area contributed by atoms with Crippen molar-refractivity contribution in [1.29, 1.82) is 0 Å². The van der Waals surface area contributed by atoms with E-state index in [9.17, 15) is 13.2 Å². The summed E-state index contributed by atoms with van der Waals surface area (Å²) in [5.41, 5.74) is 1.38. The number of pyridine rings is 1. The highest BCUT2D eigenvalue weighted by atomic mass is 35.5. The summed E-state index contributed by atoms with van der Waals surface area (Å²) in [4.78, 5) is 17.7. The lowest BCUT2D eigenvalue weighted by atomic mass is 10.1. The van der Waals surface area contributed by atoms with Gasteiger partial charge >= 0.3 is 0 Å². The average molecular weight is 449 g/mol. The number of anilines is 2. The SMILES string of the molecule is Fc1cc(F)c(CN2CCN(c3nc4cncc(Cl)c4nc3NC3CC3)CC2)cc1F. The molecule has 1 aliphatic heterocycles. The lowest BCUT2D eigenvalue weighted by molar-refractivity contribution is 0.245. The highest BCUT2D eigenvalue weighted by Gasteiger charge is 2.27. The van der Waals surface area contributed by atoms with Crippen LogP contribution in [0.1, 0.15) is 18.4 Å². The predicted molar refractivity (Wildman–Crippen MR) is 113 cm³/mol. The van der Waals surface area contributed by atoms with E-state index in [2.05, 4.69) is 15.2 Å². The molecule has 10 heteroatoms. The molecule has 6 nitrogen and oxygen atoms in total. The molecule has 2 fully saturated rings. The van der Waals surface area contributed by atoms with Gasteiger partial charge in [0.1, 0.15) is 16.9 Å². The van der Waals surface area contributed by atoms with E-state index in [1.165, 1.54) is 0 Å². The summed E-state index contributed by atoms with van der Waals surface area (Å²) in [6.45, 7) is 2.73. The molecule has 2 aliphatic rings. The van der Waals surface area contributed by atoms with E-state index in [1.807, 2.05) is 4.90 Å². The second-order valence-corrected chi connectivity index (χ2v) is 8.33. The summed E-state index contributed by atoms with van der Waals surface area (Å²) in [5, 5.41) is 3.89. The summed E-state index contributed by atoms with van der Waals surface area (Å²) < 4.78 is 40.7. The zero-order valence-corrected chi connectivity index (χ0v) is 17.3. The van der Waals surface area contributed by atoms with E-state index in [4.69, 9.17) is 21.6 Å². The van der Waals surface area contributed by atoms with Crippen LogP contribution in [0.25, 0.3) is 11.0 Å². The molecule has 3 aromatic rings. The van der Waals surface area contributed by atoms with Crippen LogP contribution >= 0.6 is 11.6 Å². The Balaban J connectivity index is 1.34. The zero-order chi connectivity index (χ0) is 21.5. The van der Waals surface area contributed by atoms with Gasteiger partial charge in [-0.05, 0) is 18.9 Å². The maximum atomic E-state index is 14.0. The first-order chi connectivity index (χ1) is 15.0. The lowest BCUT2D eigenvalue weighted by Crippen LogP contribution is -2.46. The molecule has 1 aliphatic carbocycles. The smallest absolute Gasteiger partial charge is 0.172 e. The summed E-state index contributed by atoms with van der Waals surface area (Å²) in [5.74, 6) is -1.51. The van der Waals surface area contributed by atoms with Crippen LogP contribution < -0.4 is 10.2 Å². The maximum Gasteiger partial charge on any atom is 0.172 e. The number of benzene rings is 1. The Bertz CT molecular complexity index is 1130. The van der Waals surface area contributed by atoms with Crippen molar-refractivity contribution in [2.45, 2.75) is 25.4 Å². The molecule has 0 spiro atoms. The normalized spacial score (nSPS) is 17.4. The van der Waals surface area contributed by atoms with Gasteiger partial charge in [-0.1, -0.05) is 11.6 Å². The molecule has 1 aromatic carbocycles. The largest absolute Gasteiger partial charge is 0.364 e. The third-order valence-corrected chi connectivity index (χ3v) is 5.87. The third-order valence-electron chi connectivity index (χ3n) is 5.59. The fourth-order valence-electron chi connectivity index (χ4n) is 3.72. The Kier molecular flexibility index (Phi) is 5.31. The highest BCUT2D eigenvalue weighted by molar-refractivity contribution is 6.34. The molecule has 0 atom stereocenters. The summed E-state index contributed by atoms with van der Waals surface area (Å²) >= 11 is 6.26. The van der Waals surface area contributed by atoms with Crippen LogP contribution in [0.4, 0.5) is 24.8 Å². The Morgan fingerprint density at radius 3 is 2.45 bits per heavy atom. The minimum Gasteiger partial charge on any atom is -0.364 e. The molecule has 1 saturated carbocycles. The fraction of sp³-hybridized carbons (Fsp3) is 0.381. The van der Waals surface area contributed by atoms with Crippen molar-refractivity contribution >= 4 is 34.3 Å². The Morgan fingerprint density at radius 1 is 0.968 bits per heavy atom. The lowest BCUT2D eigenvalue weighted by Gasteiger charge is -2.36. The average Bonchev–Trinajstić information content (AvgIpc) is 3.57. The predicted octanol–water partition coefficient (Wildman–Crippen LogP) is 3.99. The van der Waals surface area contributed by atoms with Gasteiger partial charge in [0.25, 0.3) is 0 Å². The molecule has 5 rings (SSSR count). The van der Waals surface area contributed by atoms with Gasteiger partial charge in [0.05, 0.1) is 11.2 Å². The molecule has 0 amide bonds. The highest BCUT2D eigenvalue weighted by Crippen LogP contribution is 2.32. The van der Waals surface area contributed by atoms with Gasteiger partial charge in [-0.2, -0.15) is 0 Å². The standard InChI is InChI=1S/C21H20ClF3N6/c22-14-9-26-10-18-19(14)29-20(27-13-1-2-13)21(28-18)31-5-3-30(4-6-31)11-12-7-16(24)17(25)8-15(12)23/h7-10,13H,1-6,11H2,(H,27,29). The van der Waals surface area contributed by atoms with Gasteiger partial charge in [-0.3, -0.25) is 9.88 Å². The minimum absolute atomic E-state index is 0.148. The molecule has 162 valence electrons. The van der Waals surface area contributed by atoms with Gasteiger partial charge in [0.15, 0.2) is 23.3 Å². The van der Waals surface area contributed by atoms with Crippen LogP contribution in [0.3, 0.4) is 0 Å². The van der Waals surface area contributed by atoms with Gasteiger partial charge in [-0.25, -0.2) is 23.1 Å². The van der Waals surface area contributed by atoms with Gasteiger partial charge in [-0.15, -0.1) is 0 Å². The first kappa shape index (κ1) is 20.3. The van der Waals surface area contributed by atoms with Crippen LogP contribution in [0, 0.1) is 17.5 Å². The van der Waals surface area contributed by atoms with E-state index >= 15 is 0 Å². The van der Waals surface area contributed by atoms with Crippen molar-refractivity contribution in [2.75, 3.05) is 36.4 Å². The van der Waals surface area contributed by atoms with Crippen molar-refractivity contribution < 1.29 is 13.2 Å². The van der Waals surface area contributed by atoms with Crippen molar-refractivity contribution in [3.63, 3.8) is 0 Å². The van der Waals surface area contributed by atoms with E-state index in [0.29, 0.717) is 60.2 Å². The molecule has 1 saturated heterocycles. The van der Waals surface area contributed by atoms with Crippen molar-refractivity contribution in [1.82, 2.24) is 19.9 Å². The van der Waals surface area contributed by atoms with Crippen LogP contribution in [-0.4, -0.2) is 52.1 Å². The fourth-order valence-corrected chi connectivity index (χ4v) is 3.92.